The number of aliphatic hydroxyl groups is 1. The maximum atomic E-state index is 12.7. The highest BCUT2D eigenvalue weighted by Crippen LogP contribution is 2.35. The second-order valence-electron chi connectivity index (χ2n) is 5.15. The molecule has 1 aromatic heterocycles. The van der Waals surface area contributed by atoms with Crippen molar-refractivity contribution in [1.82, 2.24) is 9.59 Å². The molecular formula is C14H15F3N2OS. The van der Waals surface area contributed by atoms with Crippen LogP contribution in [0.2, 0.25) is 0 Å². The fourth-order valence-corrected chi connectivity index (χ4v) is 2.91. The van der Waals surface area contributed by atoms with Crippen LogP contribution < -0.4 is 0 Å². The lowest BCUT2D eigenvalue weighted by Gasteiger charge is -2.16. The number of aromatic nitrogens is 2. The van der Waals surface area contributed by atoms with E-state index in [-0.39, 0.29) is 5.92 Å². The molecule has 1 heterocycles. The van der Waals surface area contributed by atoms with Gasteiger partial charge in [0.25, 0.3) is 0 Å². The molecule has 1 N–H and O–H groups in total. The standard InChI is InChI=1S/C14H15F3N2OS/c1-7(2)11-13(21-19-18-11)12(20)10-5-4-9(6-8(10)3)14(15,16)17/h4-7,12,20H,1-3H3. The van der Waals surface area contributed by atoms with Gasteiger partial charge in [-0.3, -0.25) is 0 Å². The van der Waals surface area contributed by atoms with E-state index >= 15 is 0 Å². The Bertz CT molecular complexity index is 637. The van der Waals surface area contributed by atoms with E-state index in [1.807, 2.05) is 13.8 Å². The van der Waals surface area contributed by atoms with E-state index in [4.69, 9.17) is 0 Å². The number of hydrogen-bond acceptors (Lipinski definition) is 4. The Morgan fingerprint density at radius 3 is 2.43 bits per heavy atom. The third-order valence-electron chi connectivity index (χ3n) is 3.23. The zero-order valence-electron chi connectivity index (χ0n) is 11.8. The monoisotopic (exact) mass is 316 g/mol. The molecule has 0 aliphatic carbocycles. The van der Waals surface area contributed by atoms with Crippen LogP contribution in [0.4, 0.5) is 13.2 Å². The van der Waals surface area contributed by atoms with Crippen molar-refractivity contribution in [3.05, 3.63) is 45.5 Å². The molecule has 3 nitrogen and oxygen atoms in total. The summed E-state index contributed by atoms with van der Waals surface area (Å²) in [5.41, 5.74) is 0.783. The molecule has 114 valence electrons. The number of benzene rings is 1. The first-order valence-corrected chi connectivity index (χ1v) is 7.17. The van der Waals surface area contributed by atoms with E-state index in [9.17, 15) is 18.3 Å². The fraction of sp³-hybridized carbons (Fsp3) is 0.429. The highest BCUT2D eigenvalue weighted by molar-refractivity contribution is 7.05. The van der Waals surface area contributed by atoms with Crippen LogP contribution in [0.1, 0.15) is 53.1 Å². The normalized spacial score (nSPS) is 13.7. The molecular weight excluding hydrogens is 301 g/mol. The molecule has 2 rings (SSSR count). The topological polar surface area (TPSA) is 46.0 Å². The number of aryl methyl sites for hydroxylation is 1. The Kier molecular flexibility index (Phi) is 4.34. The van der Waals surface area contributed by atoms with Crippen molar-refractivity contribution < 1.29 is 18.3 Å². The SMILES string of the molecule is Cc1cc(C(F)(F)F)ccc1C(O)c1snnc1C(C)C. The number of nitrogens with zero attached hydrogens (tertiary/aromatic N) is 2. The molecule has 0 amide bonds. The Hall–Kier alpha value is -1.47. The molecule has 0 aliphatic rings. The van der Waals surface area contributed by atoms with Crippen molar-refractivity contribution in [2.45, 2.75) is 39.0 Å². The Morgan fingerprint density at radius 1 is 1.24 bits per heavy atom. The first-order valence-electron chi connectivity index (χ1n) is 6.39. The summed E-state index contributed by atoms with van der Waals surface area (Å²) in [6.07, 6.45) is -5.40. The molecule has 0 spiro atoms. The van der Waals surface area contributed by atoms with Gasteiger partial charge in [0, 0.05) is 0 Å². The van der Waals surface area contributed by atoms with Crippen LogP contribution >= 0.6 is 11.5 Å². The lowest BCUT2D eigenvalue weighted by molar-refractivity contribution is -0.137. The van der Waals surface area contributed by atoms with Gasteiger partial charge in [-0.25, -0.2) is 0 Å². The van der Waals surface area contributed by atoms with Crippen molar-refractivity contribution in [2.75, 3.05) is 0 Å². The first-order chi connectivity index (χ1) is 9.71. The largest absolute Gasteiger partial charge is 0.416 e. The van der Waals surface area contributed by atoms with Gasteiger partial charge in [0.2, 0.25) is 0 Å². The molecule has 7 heteroatoms. The third-order valence-corrected chi connectivity index (χ3v) is 4.02. The lowest BCUT2D eigenvalue weighted by Crippen LogP contribution is -2.08. The number of halogens is 3. The maximum absolute atomic E-state index is 12.7. The minimum atomic E-state index is -4.39. The summed E-state index contributed by atoms with van der Waals surface area (Å²) in [5.74, 6) is 0.0863. The van der Waals surface area contributed by atoms with E-state index in [0.29, 0.717) is 21.7 Å². The van der Waals surface area contributed by atoms with Crippen LogP contribution in [-0.2, 0) is 6.18 Å². The number of aliphatic hydroxyl groups excluding tert-OH is 1. The molecule has 0 saturated heterocycles. The summed E-state index contributed by atoms with van der Waals surface area (Å²) in [7, 11) is 0. The van der Waals surface area contributed by atoms with Crippen molar-refractivity contribution in [3.63, 3.8) is 0 Å². The van der Waals surface area contributed by atoms with Crippen LogP contribution in [0.5, 0.6) is 0 Å². The average Bonchev–Trinajstić information content (AvgIpc) is 2.86. The highest BCUT2D eigenvalue weighted by atomic mass is 32.1. The summed E-state index contributed by atoms with van der Waals surface area (Å²) in [6.45, 7) is 5.40. The van der Waals surface area contributed by atoms with Crippen molar-refractivity contribution in [2.24, 2.45) is 0 Å². The number of hydrogen-bond donors (Lipinski definition) is 1. The molecule has 0 aliphatic heterocycles. The first kappa shape index (κ1) is 15.9. The van der Waals surface area contributed by atoms with Crippen LogP contribution in [-0.4, -0.2) is 14.7 Å². The van der Waals surface area contributed by atoms with Gasteiger partial charge in [0.05, 0.1) is 16.1 Å². The minimum Gasteiger partial charge on any atom is -0.383 e. The van der Waals surface area contributed by atoms with Crippen molar-refractivity contribution in [1.29, 1.82) is 0 Å². The van der Waals surface area contributed by atoms with Crippen molar-refractivity contribution in [3.8, 4) is 0 Å². The quantitative estimate of drug-likeness (QED) is 0.928. The molecule has 2 aromatic rings. The van der Waals surface area contributed by atoms with Gasteiger partial charge in [-0.1, -0.05) is 24.4 Å². The van der Waals surface area contributed by atoms with E-state index < -0.39 is 17.8 Å². The Morgan fingerprint density at radius 2 is 1.90 bits per heavy atom. The van der Waals surface area contributed by atoms with Gasteiger partial charge in [-0.2, -0.15) is 13.2 Å². The smallest absolute Gasteiger partial charge is 0.383 e. The van der Waals surface area contributed by atoms with Crippen molar-refractivity contribution >= 4 is 11.5 Å². The summed E-state index contributed by atoms with van der Waals surface area (Å²) >= 11 is 1.07. The van der Waals surface area contributed by atoms with Gasteiger partial charge >= 0.3 is 6.18 Å². The van der Waals surface area contributed by atoms with Gasteiger partial charge < -0.3 is 5.11 Å². The van der Waals surface area contributed by atoms with E-state index in [2.05, 4.69) is 9.59 Å². The van der Waals surface area contributed by atoms with Gasteiger partial charge in [-0.05, 0) is 47.6 Å². The van der Waals surface area contributed by atoms with Gasteiger partial charge in [0.1, 0.15) is 6.10 Å². The fourth-order valence-electron chi connectivity index (χ4n) is 2.09. The zero-order valence-corrected chi connectivity index (χ0v) is 12.6. The summed E-state index contributed by atoms with van der Waals surface area (Å²) in [6, 6.07) is 3.34. The lowest BCUT2D eigenvalue weighted by atomic mass is 9.97. The van der Waals surface area contributed by atoms with E-state index in [0.717, 1.165) is 23.7 Å². The van der Waals surface area contributed by atoms with Crippen LogP contribution in [0.15, 0.2) is 18.2 Å². The maximum Gasteiger partial charge on any atom is 0.416 e. The molecule has 1 atom stereocenters. The van der Waals surface area contributed by atoms with Gasteiger partial charge in [-0.15, -0.1) is 5.10 Å². The second kappa shape index (κ2) is 5.73. The average molecular weight is 316 g/mol. The predicted octanol–water partition coefficient (Wildman–Crippen LogP) is 4.07. The summed E-state index contributed by atoms with van der Waals surface area (Å²) < 4.78 is 41.8. The number of alkyl halides is 3. The van der Waals surface area contributed by atoms with Crippen LogP contribution in [0.25, 0.3) is 0 Å². The third kappa shape index (κ3) is 3.24. The van der Waals surface area contributed by atoms with E-state index in [1.165, 1.54) is 6.07 Å². The summed E-state index contributed by atoms with van der Waals surface area (Å²) in [4.78, 5) is 0.577. The highest BCUT2D eigenvalue weighted by Gasteiger charge is 2.31. The Labute approximate surface area is 124 Å². The Balaban J connectivity index is 2.40. The molecule has 0 saturated carbocycles. The molecule has 0 bridgehead atoms. The van der Waals surface area contributed by atoms with Crippen LogP contribution in [0.3, 0.4) is 0 Å². The second-order valence-corrected chi connectivity index (χ2v) is 5.93. The molecule has 0 radical (unpaired) electrons. The number of rotatable bonds is 3. The van der Waals surface area contributed by atoms with E-state index in [1.54, 1.807) is 6.92 Å². The van der Waals surface area contributed by atoms with Crippen LogP contribution in [0, 0.1) is 6.92 Å². The molecule has 0 fully saturated rings. The summed E-state index contributed by atoms with van der Waals surface area (Å²) in [5, 5.41) is 14.4. The molecule has 1 unspecified atom stereocenters. The zero-order chi connectivity index (χ0) is 15.8. The molecule has 1 aromatic carbocycles. The minimum absolute atomic E-state index is 0.0863. The predicted molar refractivity (Wildman–Crippen MR) is 74.2 cm³/mol. The molecule has 21 heavy (non-hydrogen) atoms. The van der Waals surface area contributed by atoms with Gasteiger partial charge in [0.15, 0.2) is 0 Å².